The molecule has 3 aliphatic rings. The first-order valence-corrected chi connectivity index (χ1v) is 5.90. The van der Waals surface area contributed by atoms with E-state index in [0.29, 0.717) is 0 Å². The molecule has 0 aromatic carbocycles. The number of hydrogen-bond donors (Lipinski definition) is 0. The van der Waals surface area contributed by atoms with Gasteiger partial charge in [-0.25, -0.2) is 0 Å². The van der Waals surface area contributed by atoms with E-state index < -0.39 is 0 Å². The van der Waals surface area contributed by atoms with E-state index in [9.17, 15) is 0 Å². The lowest BCUT2D eigenvalue weighted by molar-refractivity contribution is 0.0288. The van der Waals surface area contributed by atoms with Crippen molar-refractivity contribution in [3.63, 3.8) is 0 Å². The molecule has 0 spiro atoms. The van der Waals surface area contributed by atoms with Gasteiger partial charge in [-0.05, 0) is 30.6 Å². The molecule has 2 nitrogen and oxygen atoms in total. The monoisotopic (exact) mass is 193 g/mol. The van der Waals surface area contributed by atoms with Gasteiger partial charge >= 0.3 is 0 Å². The quantitative estimate of drug-likeness (QED) is 0.617. The second kappa shape index (κ2) is 3.67. The lowest BCUT2D eigenvalue weighted by atomic mass is 9.93. The van der Waals surface area contributed by atoms with Gasteiger partial charge in [0.2, 0.25) is 0 Å². The number of rotatable bonds is 2. The Hall–Kier alpha value is -0.340. The molecule has 3 rings (SSSR count). The third kappa shape index (κ3) is 1.61. The molecule has 0 amide bonds. The van der Waals surface area contributed by atoms with E-state index >= 15 is 0 Å². The smallest absolute Gasteiger partial charge is 0.0594 e. The average molecular weight is 193 g/mol. The second-order valence-electron chi connectivity index (χ2n) is 4.95. The van der Waals surface area contributed by atoms with Crippen LogP contribution in [-0.2, 0) is 4.74 Å². The molecule has 0 radical (unpaired) electrons. The lowest BCUT2D eigenvalue weighted by Crippen LogP contribution is -2.40. The third-order valence-corrected chi connectivity index (χ3v) is 4.01. The van der Waals surface area contributed by atoms with Gasteiger partial charge in [-0.3, -0.25) is 4.90 Å². The van der Waals surface area contributed by atoms with E-state index in [0.717, 1.165) is 44.1 Å². The molecule has 2 heteroatoms. The maximum atomic E-state index is 5.37. The number of morpholine rings is 1. The highest BCUT2D eigenvalue weighted by Crippen LogP contribution is 2.43. The molecule has 2 aliphatic carbocycles. The van der Waals surface area contributed by atoms with Crippen LogP contribution in [0.15, 0.2) is 12.2 Å². The summed E-state index contributed by atoms with van der Waals surface area (Å²) in [5.41, 5.74) is 0. The Morgan fingerprint density at radius 2 is 2.00 bits per heavy atom. The number of fused-ring (bicyclic) bond motifs is 2. The van der Waals surface area contributed by atoms with E-state index in [1.165, 1.54) is 19.4 Å². The van der Waals surface area contributed by atoms with Gasteiger partial charge in [-0.15, -0.1) is 0 Å². The fourth-order valence-electron chi connectivity index (χ4n) is 3.22. The molecule has 3 atom stereocenters. The van der Waals surface area contributed by atoms with Crippen molar-refractivity contribution in [2.75, 3.05) is 32.8 Å². The molecule has 0 aromatic rings. The molecule has 14 heavy (non-hydrogen) atoms. The Kier molecular flexibility index (Phi) is 2.34. The van der Waals surface area contributed by atoms with E-state index in [1.807, 2.05) is 0 Å². The molecule has 2 bridgehead atoms. The number of hydrogen-bond acceptors (Lipinski definition) is 2. The number of ether oxygens (including phenoxy) is 1. The van der Waals surface area contributed by atoms with Crippen LogP contribution in [0.5, 0.6) is 0 Å². The predicted molar refractivity (Wildman–Crippen MR) is 56.1 cm³/mol. The summed E-state index contributed by atoms with van der Waals surface area (Å²) in [6.07, 6.45) is 7.77. The Morgan fingerprint density at radius 1 is 1.14 bits per heavy atom. The van der Waals surface area contributed by atoms with Crippen molar-refractivity contribution in [3.8, 4) is 0 Å². The fourth-order valence-corrected chi connectivity index (χ4v) is 3.22. The van der Waals surface area contributed by atoms with Crippen molar-refractivity contribution >= 4 is 0 Å². The third-order valence-electron chi connectivity index (χ3n) is 4.01. The summed E-state index contributed by atoms with van der Waals surface area (Å²) in [6, 6.07) is 0. The van der Waals surface area contributed by atoms with Crippen LogP contribution in [0.1, 0.15) is 12.8 Å². The van der Waals surface area contributed by atoms with Gasteiger partial charge in [0, 0.05) is 19.6 Å². The van der Waals surface area contributed by atoms with Crippen molar-refractivity contribution in [3.05, 3.63) is 12.2 Å². The van der Waals surface area contributed by atoms with Gasteiger partial charge in [0.25, 0.3) is 0 Å². The highest BCUT2D eigenvalue weighted by atomic mass is 16.5. The summed E-state index contributed by atoms with van der Waals surface area (Å²) >= 11 is 0. The van der Waals surface area contributed by atoms with Crippen LogP contribution < -0.4 is 0 Å². The fraction of sp³-hybridized carbons (Fsp3) is 0.833. The molecule has 78 valence electrons. The van der Waals surface area contributed by atoms with Gasteiger partial charge in [-0.1, -0.05) is 12.2 Å². The number of nitrogens with zero attached hydrogens (tertiary/aromatic N) is 1. The molecule has 0 unspecified atom stereocenters. The van der Waals surface area contributed by atoms with E-state index in [-0.39, 0.29) is 0 Å². The molecule has 0 aromatic heterocycles. The van der Waals surface area contributed by atoms with Gasteiger partial charge in [0.1, 0.15) is 0 Å². The van der Waals surface area contributed by atoms with E-state index in [1.54, 1.807) is 0 Å². The first-order chi connectivity index (χ1) is 6.92. The highest BCUT2D eigenvalue weighted by molar-refractivity contribution is 5.10. The number of allylic oxidation sites excluding steroid dienone is 2. The van der Waals surface area contributed by atoms with Crippen molar-refractivity contribution in [1.82, 2.24) is 4.90 Å². The van der Waals surface area contributed by atoms with Gasteiger partial charge in [0.05, 0.1) is 13.2 Å². The zero-order valence-corrected chi connectivity index (χ0v) is 8.69. The van der Waals surface area contributed by atoms with Crippen molar-refractivity contribution in [1.29, 1.82) is 0 Å². The average Bonchev–Trinajstić information content (AvgIpc) is 2.81. The molecule has 1 heterocycles. The van der Waals surface area contributed by atoms with Gasteiger partial charge in [-0.2, -0.15) is 0 Å². The largest absolute Gasteiger partial charge is 0.379 e. The van der Waals surface area contributed by atoms with Crippen LogP contribution in [0, 0.1) is 17.8 Å². The minimum absolute atomic E-state index is 0.905. The summed E-state index contributed by atoms with van der Waals surface area (Å²) in [6.45, 7) is 5.50. The Morgan fingerprint density at radius 3 is 2.64 bits per heavy atom. The van der Waals surface area contributed by atoms with Crippen molar-refractivity contribution in [2.45, 2.75) is 12.8 Å². The Labute approximate surface area is 85.9 Å². The van der Waals surface area contributed by atoms with E-state index in [2.05, 4.69) is 17.1 Å². The summed E-state index contributed by atoms with van der Waals surface area (Å²) in [7, 11) is 0. The standard InChI is InChI=1S/C12H19NO/c1-2-11-7-10(1)8-12(11)9-13-3-5-14-6-4-13/h1-2,10-12H,3-9H2/t10-,11+,12-/m0/s1. The zero-order valence-electron chi connectivity index (χ0n) is 8.69. The molecule has 1 aliphatic heterocycles. The Bertz CT molecular complexity index is 232. The summed E-state index contributed by atoms with van der Waals surface area (Å²) in [5, 5.41) is 0. The van der Waals surface area contributed by atoms with Crippen LogP contribution in [0.3, 0.4) is 0 Å². The topological polar surface area (TPSA) is 12.5 Å². The highest BCUT2D eigenvalue weighted by Gasteiger charge is 2.36. The van der Waals surface area contributed by atoms with Crippen molar-refractivity contribution in [2.24, 2.45) is 17.8 Å². The molecule has 1 saturated carbocycles. The van der Waals surface area contributed by atoms with E-state index in [4.69, 9.17) is 4.74 Å². The summed E-state index contributed by atoms with van der Waals surface area (Å²) in [5.74, 6) is 2.77. The van der Waals surface area contributed by atoms with Gasteiger partial charge < -0.3 is 4.74 Å². The maximum Gasteiger partial charge on any atom is 0.0594 e. The lowest BCUT2D eigenvalue weighted by Gasteiger charge is -2.31. The predicted octanol–water partition coefficient (Wildman–Crippen LogP) is 1.53. The molecular formula is C12H19NO. The van der Waals surface area contributed by atoms with Crippen molar-refractivity contribution < 1.29 is 4.74 Å². The summed E-state index contributed by atoms with van der Waals surface area (Å²) < 4.78 is 5.37. The first-order valence-electron chi connectivity index (χ1n) is 5.90. The van der Waals surface area contributed by atoms with Crippen LogP contribution in [0.4, 0.5) is 0 Å². The van der Waals surface area contributed by atoms with Crippen LogP contribution in [0.2, 0.25) is 0 Å². The van der Waals surface area contributed by atoms with Crippen LogP contribution in [0.25, 0.3) is 0 Å². The summed E-state index contributed by atoms with van der Waals surface area (Å²) in [4.78, 5) is 2.59. The normalized spacial score (nSPS) is 42.1. The second-order valence-corrected chi connectivity index (χ2v) is 4.95. The Balaban J connectivity index is 1.54. The molecule has 1 saturated heterocycles. The molecule has 0 N–H and O–H groups in total. The minimum Gasteiger partial charge on any atom is -0.379 e. The SMILES string of the molecule is C1=C[C@@H]2C[C@H]1C[C@H]2CN1CCOCC1. The van der Waals surface area contributed by atoms with Crippen LogP contribution in [-0.4, -0.2) is 37.7 Å². The van der Waals surface area contributed by atoms with Gasteiger partial charge in [0.15, 0.2) is 0 Å². The zero-order chi connectivity index (χ0) is 9.38. The minimum atomic E-state index is 0.905. The molecular weight excluding hydrogens is 174 g/mol. The first kappa shape index (κ1) is 8.93. The maximum absolute atomic E-state index is 5.37. The van der Waals surface area contributed by atoms with Crippen LogP contribution >= 0.6 is 0 Å². The molecule has 2 fully saturated rings.